The molecule has 0 amide bonds. The molecule has 0 atom stereocenters. The molecule has 5 nitrogen and oxygen atoms in total. The Kier molecular flexibility index (Phi) is 2.71. The summed E-state index contributed by atoms with van der Waals surface area (Å²) in [5.74, 6) is 7.67. The van der Waals surface area contributed by atoms with E-state index in [9.17, 15) is 0 Å². The third-order valence-corrected chi connectivity index (χ3v) is 3.26. The maximum absolute atomic E-state index is 5.39. The van der Waals surface area contributed by atoms with Gasteiger partial charge in [0.05, 0.1) is 0 Å². The number of nitrogens with zero attached hydrogens (tertiary/aromatic N) is 2. The van der Waals surface area contributed by atoms with Crippen LogP contribution >= 0.6 is 0 Å². The van der Waals surface area contributed by atoms with E-state index in [0.29, 0.717) is 5.82 Å². The first kappa shape index (κ1) is 11.1. The highest BCUT2D eigenvalue weighted by molar-refractivity contribution is 5.56. The van der Waals surface area contributed by atoms with E-state index in [1.807, 2.05) is 6.92 Å². The third kappa shape index (κ3) is 2.09. The van der Waals surface area contributed by atoms with E-state index < -0.39 is 0 Å². The number of anilines is 2. The Bertz CT molecular complexity index is 384. The highest BCUT2D eigenvalue weighted by Gasteiger charge is 2.38. The number of hydrogen-bond acceptors (Lipinski definition) is 5. The molecule has 88 valence electrons. The quantitative estimate of drug-likeness (QED) is 0.532. The van der Waals surface area contributed by atoms with Gasteiger partial charge in [-0.1, -0.05) is 0 Å². The minimum atomic E-state index is 0.0883. The molecule has 0 bridgehead atoms. The van der Waals surface area contributed by atoms with Crippen molar-refractivity contribution in [2.24, 2.45) is 11.8 Å². The van der Waals surface area contributed by atoms with Gasteiger partial charge in [-0.25, -0.2) is 15.8 Å². The minimum Gasteiger partial charge on any atom is -0.365 e. The molecule has 1 aromatic heterocycles. The van der Waals surface area contributed by atoms with Gasteiger partial charge in [-0.05, 0) is 39.5 Å². The van der Waals surface area contributed by atoms with Gasteiger partial charge in [0, 0.05) is 11.1 Å². The Hall–Kier alpha value is -1.36. The molecule has 0 aromatic carbocycles. The molecule has 1 aliphatic rings. The van der Waals surface area contributed by atoms with Crippen LogP contribution in [-0.2, 0) is 0 Å². The summed E-state index contributed by atoms with van der Waals surface area (Å²) >= 11 is 0. The summed E-state index contributed by atoms with van der Waals surface area (Å²) in [5.41, 5.74) is 3.62. The number of nitrogens with one attached hydrogen (secondary N) is 2. The molecule has 1 aliphatic carbocycles. The van der Waals surface area contributed by atoms with Crippen LogP contribution in [0.4, 0.5) is 11.6 Å². The van der Waals surface area contributed by atoms with Crippen molar-refractivity contribution in [2.75, 3.05) is 10.7 Å². The van der Waals surface area contributed by atoms with Crippen molar-refractivity contribution in [3.8, 4) is 0 Å². The Labute approximate surface area is 95.8 Å². The van der Waals surface area contributed by atoms with Crippen LogP contribution in [-0.4, -0.2) is 15.5 Å². The molecule has 0 aliphatic heterocycles. The van der Waals surface area contributed by atoms with E-state index in [1.165, 1.54) is 19.2 Å². The smallest absolute Gasteiger partial charge is 0.148 e. The predicted octanol–water partition coefficient (Wildman–Crippen LogP) is 1.67. The zero-order chi connectivity index (χ0) is 11.8. The molecular formula is C11H19N5. The van der Waals surface area contributed by atoms with Crippen LogP contribution in [0, 0.1) is 12.8 Å². The molecule has 0 radical (unpaired) electrons. The van der Waals surface area contributed by atoms with E-state index in [1.54, 1.807) is 0 Å². The maximum Gasteiger partial charge on any atom is 0.148 e. The highest BCUT2D eigenvalue weighted by atomic mass is 15.3. The highest BCUT2D eigenvalue weighted by Crippen LogP contribution is 2.41. The number of nitrogens with two attached hydrogens (primary N) is 1. The zero-order valence-corrected chi connectivity index (χ0v) is 10.0. The third-order valence-electron chi connectivity index (χ3n) is 3.26. The van der Waals surface area contributed by atoms with Crippen molar-refractivity contribution >= 4 is 11.6 Å². The predicted molar refractivity (Wildman–Crippen MR) is 65.0 cm³/mol. The summed E-state index contributed by atoms with van der Waals surface area (Å²) in [6, 6.07) is 0. The van der Waals surface area contributed by atoms with Gasteiger partial charge in [-0.2, -0.15) is 0 Å². The van der Waals surface area contributed by atoms with Gasteiger partial charge < -0.3 is 10.7 Å². The van der Waals surface area contributed by atoms with Crippen molar-refractivity contribution < 1.29 is 0 Å². The first-order chi connectivity index (χ1) is 7.54. The van der Waals surface area contributed by atoms with Gasteiger partial charge in [0.15, 0.2) is 0 Å². The fourth-order valence-corrected chi connectivity index (χ4v) is 1.93. The minimum absolute atomic E-state index is 0.0883. The number of nitrogen functional groups attached to an aromatic ring is 1. The number of rotatable bonds is 4. The molecule has 16 heavy (non-hydrogen) atoms. The second kappa shape index (κ2) is 3.90. The van der Waals surface area contributed by atoms with Crippen molar-refractivity contribution in [3.63, 3.8) is 0 Å². The molecule has 1 fully saturated rings. The molecule has 1 aromatic rings. The average molecular weight is 221 g/mol. The standard InChI is InChI=1S/C11H19N5/c1-7-9(13-6-14-10(7)16-12)15-11(2,3)8-4-5-8/h6,8H,4-5,12H2,1-3H3,(H2,13,14,15,16). The Morgan fingerprint density at radius 3 is 2.50 bits per heavy atom. The van der Waals surface area contributed by atoms with Crippen LogP contribution in [0.3, 0.4) is 0 Å². The summed E-state index contributed by atoms with van der Waals surface area (Å²) in [5, 5.41) is 3.48. The van der Waals surface area contributed by atoms with Crippen molar-refractivity contribution in [1.82, 2.24) is 9.97 Å². The fraction of sp³-hybridized carbons (Fsp3) is 0.636. The number of hydrazine groups is 1. The molecule has 1 heterocycles. The van der Waals surface area contributed by atoms with Crippen molar-refractivity contribution in [1.29, 1.82) is 0 Å². The Morgan fingerprint density at radius 1 is 1.31 bits per heavy atom. The molecule has 0 spiro atoms. The van der Waals surface area contributed by atoms with Crippen LogP contribution < -0.4 is 16.6 Å². The van der Waals surface area contributed by atoms with Crippen LogP contribution in [0.5, 0.6) is 0 Å². The lowest BCUT2D eigenvalue weighted by molar-refractivity contribution is 0.492. The van der Waals surface area contributed by atoms with Crippen molar-refractivity contribution in [3.05, 3.63) is 11.9 Å². The van der Waals surface area contributed by atoms with Crippen molar-refractivity contribution in [2.45, 2.75) is 39.2 Å². The number of aromatic nitrogens is 2. The molecule has 0 saturated heterocycles. The van der Waals surface area contributed by atoms with Gasteiger partial charge in [-0.3, -0.25) is 0 Å². The van der Waals surface area contributed by atoms with Gasteiger partial charge in [0.1, 0.15) is 18.0 Å². The summed E-state index contributed by atoms with van der Waals surface area (Å²) in [6.45, 7) is 6.38. The maximum atomic E-state index is 5.39. The molecule has 2 rings (SSSR count). The largest absolute Gasteiger partial charge is 0.365 e. The first-order valence-corrected chi connectivity index (χ1v) is 5.61. The fourth-order valence-electron chi connectivity index (χ4n) is 1.93. The normalized spacial score (nSPS) is 16.0. The zero-order valence-electron chi connectivity index (χ0n) is 10.0. The molecule has 0 unspecified atom stereocenters. The van der Waals surface area contributed by atoms with Gasteiger partial charge in [0.25, 0.3) is 0 Å². The van der Waals surface area contributed by atoms with Crippen LogP contribution in [0.2, 0.25) is 0 Å². The molecular weight excluding hydrogens is 202 g/mol. The lowest BCUT2D eigenvalue weighted by Gasteiger charge is -2.27. The second-order valence-corrected chi connectivity index (χ2v) is 4.96. The lowest BCUT2D eigenvalue weighted by Crippen LogP contribution is -2.34. The number of hydrogen-bond donors (Lipinski definition) is 3. The lowest BCUT2D eigenvalue weighted by atomic mass is 9.98. The first-order valence-electron chi connectivity index (χ1n) is 5.61. The summed E-state index contributed by atoms with van der Waals surface area (Å²) in [6.07, 6.45) is 4.12. The second-order valence-electron chi connectivity index (χ2n) is 4.96. The van der Waals surface area contributed by atoms with E-state index in [4.69, 9.17) is 5.84 Å². The summed E-state index contributed by atoms with van der Waals surface area (Å²) in [7, 11) is 0. The van der Waals surface area contributed by atoms with Crippen LogP contribution in [0.1, 0.15) is 32.3 Å². The Morgan fingerprint density at radius 2 is 1.94 bits per heavy atom. The molecule has 5 heteroatoms. The monoisotopic (exact) mass is 221 g/mol. The van der Waals surface area contributed by atoms with Crippen LogP contribution in [0.25, 0.3) is 0 Å². The van der Waals surface area contributed by atoms with E-state index in [-0.39, 0.29) is 5.54 Å². The van der Waals surface area contributed by atoms with E-state index in [2.05, 4.69) is 34.6 Å². The van der Waals surface area contributed by atoms with Crippen LogP contribution in [0.15, 0.2) is 6.33 Å². The summed E-state index contributed by atoms with van der Waals surface area (Å²) < 4.78 is 0. The van der Waals surface area contributed by atoms with Gasteiger partial charge in [0.2, 0.25) is 0 Å². The van der Waals surface area contributed by atoms with Gasteiger partial charge in [-0.15, -0.1) is 0 Å². The molecule has 1 saturated carbocycles. The average Bonchev–Trinajstić information content (AvgIpc) is 3.04. The SMILES string of the molecule is Cc1c(NN)ncnc1NC(C)(C)C1CC1. The topological polar surface area (TPSA) is 75.9 Å². The Balaban J connectivity index is 2.20. The van der Waals surface area contributed by atoms with Gasteiger partial charge >= 0.3 is 0 Å². The summed E-state index contributed by atoms with van der Waals surface area (Å²) in [4.78, 5) is 8.33. The molecule has 4 N–H and O–H groups in total. The van der Waals surface area contributed by atoms with E-state index in [0.717, 1.165) is 17.3 Å². The van der Waals surface area contributed by atoms with E-state index >= 15 is 0 Å².